The minimum absolute atomic E-state index is 0.00995. The first kappa shape index (κ1) is 11.5. The second kappa shape index (κ2) is 4.77. The standard InChI is InChI=1S/C11H13FO3/c1-3-9(11(13)14)15-10-6-7(2)4-5-8(10)12/h4-6,9H,3H2,1-2H3,(H,13,14). The summed E-state index contributed by atoms with van der Waals surface area (Å²) in [7, 11) is 0. The van der Waals surface area contributed by atoms with Crippen molar-refractivity contribution in [3.8, 4) is 5.75 Å². The highest BCUT2D eigenvalue weighted by Gasteiger charge is 2.18. The molecule has 15 heavy (non-hydrogen) atoms. The molecule has 0 bridgehead atoms. The molecule has 0 amide bonds. The lowest BCUT2D eigenvalue weighted by molar-refractivity contribution is -0.145. The quantitative estimate of drug-likeness (QED) is 0.833. The van der Waals surface area contributed by atoms with Gasteiger partial charge < -0.3 is 9.84 Å². The highest BCUT2D eigenvalue weighted by atomic mass is 19.1. The van der Waals surface area contributed by atoms with E-state index < -0.39 is 17.9 Å². The van der Waals surface area contributed by atoms with Crippen molar-refractivity contribution in [1.29, 1.82) is 0 Å². The van der Waals surface area contributed by atoms with Crippen LogP contribution in [0.3, 0.4) is 0 Å². The molecule has 0 saturated carbocycles. The first-order valence-electron chi connectivity index (χ1n) is 4.70. The first-order chi connectivity index (χ1) is 7.04. The van der Waals surface area contributed by atoms with Gasteiger partial charge in [0.15, 0.2) is 17.7 Å². The third kappa shape index (κ3) is 2.94. The molecule has 0 aliphatic rings. The minimum Gasteiger partial charge on any atom is -0.479 e. The van der Waals surface area contributed by atoms with Gasteiger partial charge in [-0.25, -0.2) is 9.18 Å². The summed E-state index contributed by atoms with van der Waals surface area (Å²) in [5.41, 5.74) is 0.826. The average molecular weight is 212 g/mol. The Morgan fingerprint density at radius 2 is 2.27 bits per heavy atom. The number of halogens is 1. The maximum Gasteiger partial charge on any atom is 0.344 e. The number of hydrogen-bond donors (Lipinski definition) is 1. The molecule has 1 aromatic carbocycles. The highest BCUT2D eigenvalue weighted by molar-refractivity contribution is 5.72. The molecular formula is C11H13FO3. The fraction of sp³-hybridized carbons (Fsp3) is 0.364. The largest absolute Gasteiger partial charge is 0.479 e. The van der Waals surface area contributed by atoms with E-state index in [2.05, 4.69) is 0 Å². The zero-order chi connectivity index (χ0) is 11.4. The van der Waals surface area contributed by atoms with Gasteiger partial charge in [0.05, 0.1) is 0 Å². The minimum atomic E-state index is -1.08. The molecular weight excluding hydrogens is 199 g/mol. The zero-order valence-corrected chi connectivity index (χ0v) is 8.66. The molecule has 1 N–H and O–H groups in total. The first-order valence-corrected chi connectivity index (χ1v) is 4.70. The molecule has 0 spiro atoms. The lowest BCUT2D eigenvalue weighted by atomic mass is 10.2. The summed E-state index contributed by atoms with van der Waals surface area (Å²) in [5.74, 6) is -1.64. The molecule has 0 aromatic heterocycles. The molecule has 1 atom stereocenters. The van der Waals surface area contributed by atoms with Gasteiger partial charge in [0.1, 0.15) is 0 Å². The van der Waals surface area contributed by atoms with Gasteiger partial charge >= 0.3 is 5.97 Å². The number of carboxylic acids is 1. The second-order valence-corrected chi connectivity index (χ2v) is 3.29. The topological polar surface area (TPSA) is 46.5 Å². The summed E-state index contributed by atoms with van der Waals surface area (Å²) >= 11 is 0. The summed E-state index contributed by atoms with van der Waals surface area (Å²) in [6, 6.07) is 4.35. The van der Waals surface area contributed by atoms with Gasteiger partial charge in [-0.2, -0.15) is 0 Å². The smallest absolute Gasteiger partial charge is 0.344 e. The van der Waals surface area contributed by atoms with Gasteiger partial charge in [-0.1, -0.05) is 13.0 Å². The zero-order valence-electron chi connectivity index (χ0n) is 8.66. The van der Waals surface area contributed by atoms with Crippen LogP contribution in [0, 0.1) is 12.7 Å². The molecule has 0 aliphatic carbocycles. The lowest BCUT2D eigenvalue weighted by Crippen LogP contribution is -2.26. The third-order valence-corrected chi connectivity index (χ3v) is 2.00. The normalized spacial score (nSPS) is 12.2. The number of rotatable bonds is 4. The molecule has 3 nitrogen and oxygen atoms in total. The predicted molar refractivity (Wildman–Crippen MR) is 53.5 cm³/mol. The van der Waals surface area contributed by atoms with E-state index in [1.807, 2.05) is 0 Å². The van der Waals surface area contributed by atoms with E-state index in [0.717, 1.165) is 5.56 Å². The van der Waals surface area contributed by atoms with Gasteiger partial charge in [-0.3, -0.25) is 0 Å². The fourth-order valence-electron chi connectivity index (χ4n) is 1.16. The van der Waals surface area contributed by atoms with E-state index in [4.69, 9.17) is 9.84 Å². The molecule has 82 valence electrons. The number of aryl methyl sites for hydroxylation is 1. The van der Waals surface area contributed by atoms with Gasteiger partial charge in [0, 0.05) is 0 Å². The van der Waals surface area contributed by atoms with E-state index >= 15 is 0 Å². The van der Waals surface area contributed by atoms with Crippen LogP contribution in [0.4, 0.5) is 4.39 Å². The molecule has 0 radical (unpaired) electrons. The van der Waals surface area contributed by atoms with E-state index in [9.17, 15) is 9.18 Å². The molecule has 0 heterocycles. The highest BCUT2D eigenvalue weighted by Crippen LogP contribution is 2.20. The maximum atomic E-state index is 13.2. The number of carbonyl (C=O) groups is 1. The summed E-state index contributed by atoms with van der Waals surface area (Å²) in [6.07, 6.45) is -0.704. The van der Waals surface area contributed by atoms with Crippen LogP contribution in [0.25, 0.3) is 0 Å². The van der Waals surface area contributed by atoms with Crippen molar-refractivity contribution in [3.05, 3.63) is 29.6 Å². The Kier molecular flexibility index (Phi) is 3.66. The van der Waals surface area contributed by atoms with Crippen LogP contribution in [0.1, 0.15) is 18.9 Å². The number of ether oxygens (including phenoxy) is 1. The molecule has 1 aromatic rings. The molecule has 4 heteroatoms. The average Bonchev–Trinajstić information content (AvgIpc) is 2.18. The SMILES string of the molecule is CCC(Oc1cc(C)ccc1F)C(=O)O. The summed E-state index contributed by atoms with van der Waals surface area (Å²) in [4.78, 5) is 10.7. The number of benzene rings is 1. The Labute approximate surface area is 87.5 Å². The second-order valence-electron chi connectivity index (χ2n) is 3.29. The van der Waals surface area contributed by atoms with Gasteiger partial charge in [-0.05, 0) is 31.0 Å². The van der Waals surface area contributed by atoms with Crippen molar-refractivity contribution in [1.82, 2.24) is 0 Å². The van der Waals surface area contributed by atoms with Crippen molar-refractivity contribution in [2.45, 2.75) is 26.4 Å². The Balaban J connectivity index is 2.87. The van der Waals surface area contributed by atoms with Crippen molar-refractivity contribution in [3.63, 3.8) is 0 Å². The number of carboxylic acid groups (broad SMARTS) is 1. The van der Waals surface area contributed by atoms with Crippen LogP contribution in [-0.4, -0.2) is 17.2 Å². The van der Waals surface area contributed by atoms with Crippen molar-refractivity contribution in [2.75, 3.05) is 0 Å². The lowest BCUT2D eigenvalue weighted by Gasteiger charge is -2.13. The van der Waals surface area contributed by atoms with Gasteiger partial charge in [-0.15, -0.1) is 0 Å². The number of hydrogen-bond acceptors (Lipinski definition) is 2. The fourth-order valence-corrected chi connectivity index (χ4v) is 1.16. The maximum absolute atomic E-state index is 13.2. The van der Waals surface area contributed by atoms with Crippen LogP contribution in [0.2, 0.25) is 0 Å². The third-order valence-electron chi connectivity index (χ3n) is 2.00. The Bertz CT molecular complexity index is 363. The van der Waals surface area contributed by atoms with E-state index in [1.54, 1.807) is 19.9 Å². The van der Waals surface area contributed by atoms with E-state index in [0.29, 0.717) is 6.42 Å². The van der Waals surface area contributed by atoms with Gasteiger partial charge in [0.25, 0.3) is 0 Å². The van der Waals surface area contributed by atoms with Crippen LogP contribution in [0.5, 0.6) is 5.75 Å². The van der Waals surface area contributed by atoms with Gasteiger partial charge in [0.2, 0.25) is 0 Å². The number of aliphatic carboxylic acids is 1. The molecule has 1 rings (SSSR count). The molecule has 1 unspecified atom stereocenters. The van der Waals surface area contributed by atoms with Crippen molar-refractivity contribution >= 4 is 5.97 Å². The Hall–Kier alpha value is -1.58. The predicted octanol–water partition coefficient (Wildman–Crippen LogP) is 2.38. The van der Waals surface area contributed by atoms with Crippen molar-refractivity contribution in [2.24, 2.45) is 0 Å². The van der Waals surface area contributed by atoms with Crippen LogP contribution >= 0.6 is 0 Å². The van der Waals surface area contributed by atoms with Crippen LogP contribution in [0.15, 0.2) is 18.2 Å². The summed E-state index contributed by atoms with van der Waals surface area (Å²) in [5, 5.41) is 8.75. The summed E-state index contributed by atoms with van der Waals surface area (Å²) < 4.78 is 18.3. The van der Waals surface area contributed by atoms with E-state index in [-0.39, 0.29) is 5.75 Å². The van der Waals surface area contributed by atoms with E-state index in [1.165, 1.54) is 12.1 Å². The van der Waals surface area contributed by atoms with Crippen molar-refractivity contribution < 1.29 is 19.0 Å². The molecule has 0 fully saturated rings. The Morgan fingerprint density at radius 3 is 2.80 bits per heavy atom. The van der Waals surface area contributed by atoms with Crippen LogP contribution < -0.4 is 4.74 Å². The molecule has 0 aliphatic heterocycles. The van der Waals surface area contributed by atoms with Crippen LogP contribution in [-0.2, 0) is 4.79 Å². The molecule has 0 saturated heterocycles. The monoisotopic (exact) mass is 212 g/mol. The summed E-state index contributed by atoms with van der Waals surface area (Å²) in [6.45, 7) is 3.46. The Morgan fingerprint density at radius 1 is 1.60 bits per heavy atom.